The fourth-order valence-corrected chi connectivity index (χ4v) is 4.20. The molecule has 1 fully saturated rings. The molecule has 0 unspecified atom stereocenters. The Kier molecular flexibility index (Phi) is 5.72. The molecule has 1 aliphatic heterocycles. The first kappa shape index (κ1) is 20.3. The zero-order chi connectivity index (χ0) is 21.3. The predicted molar refractivity (Wildman–Crippen MR) is 110 cm³/mol. The normalized spacial score (nSPS) is 24.0. The molecule has 0 spiro atoms. The molecule has 4 atom stereocenters. The van der Waals surface area contributed by atoms with E-state index < -0.39 is 24.6 Å². The molecule has 1 saturated carbocycles. The largest absolute Gasteiger partial charge is 0.486 e. The number of rotatable bonds is 7. The number of aliphatic hydroxyl groups is 1. The number of aliphatic hydroxyl groups excluding tert-OH is 1. The van der Waals surface area contributed by atoms with Crippen LogP contribution < -0.4 is 15.4 Å². The van der Waals surface area contributed by atoms with Crippen LogP contribution in [0.2, 0.25) is 0 Å². The van der Waals surface area contributed by atoms with Crippen LogP contribution in [0.25, 0.3) is 0 Å². The summed E-state index contributed by atoms with van der Waals surface area (Å²) in [6.07, 6.45) is 0.724. The molecule has 158 valence electrons. The zero-order valence-electron chi connectivity index (χ0n) is 16.7. The van der Waals surface area contributed by atoms with Crippen LogP contribution in [0, 0.1) is 5.92 Å². The molecule has 2 aromatic rings. The molecule has 1 heterocycles. The highest BCUT2D eigenvalue weighted by molar-refractivity contribution is 6.02. The highest BCUT2D eigenvalue weighted by atomic mass is 19.1. The van der Waals surface area contributed by atoms with Crippen molar-refractivity contribution in [1.29, 1.82) is 0 Å². The maximum absolute atomic E-state index is 13.8. The molecule has 0 bridgehead atoms. The van der Waals surface area contributed by atoms with Gasteiger partial charge in [-0.25, -0.2) is 4.39 Å². The van der Waals surface area contributed by atoms with Crippen molar-refractivity contribution in [1.82, 2.24) is 10.6 Å². The summed E-state index contributed by atoms with van der Waals surface area (Å²) in [4.78, 5) is 25.4. The fraction of sp³-hybridized carbons (Fsp3) is 0.391. The van der Waals surface area contributed by atoms with Gasteiger partial charge in [-0.15, -0.1) is 0 Å². The Morgan fingerprint density at radius 2 is 1.97 bits per heavy atom. The molecular formula is C23H25FN2O4. The predicted octanol–water partition coefficient (Wildman–Crippen LogP) is 2.41. The second kappa shape index (κ2) is 8.44. The molecule has 0 radical (unpaired) electrons. The van der Waals surface area contributed by atoms with Crippen LogP contribution in [0.5, 0.6) is 5.75 Å². The molecule has 2 aliphatic rings. The van der Waals surface area contributed by atoms with E-state index in [1.807, 2.05) is 30.3 Å². The summed E-state index contributed by atoms with van der Waals surface area (Å²) in [6.45, 7) is -0.620. The number of fused-ring (bicyclic) bond motifs is 1. The third-order valence-corrected chi connectivity index (χ3v) is 5.88. The third-order valence-electron chi connectivity index (χ3n) is 5.88. The van der Waals surface area contributed by atoms with Gasteiger partial charge in [0.2, 0.25) is 0 Å². The number of ether oxygens (including phenoxy) is 1. The lowest BCUT2D eigenvalue weighted by Gasteiger charge is -2.16. The Bertz CT molecular complexity index is 950. The van der Waals surface area contributed by atoms with E-state index in [1.165, 1.54) is 13.1 Å². The average Bonchev–Trinajstić information content (AvgIpc) is 3.38. The number of halogens is 1. The highest BCUT2D eigenvalue weighted by Crippen LogP contribution is 2.45. The zero-order valence-corrected chi connectivity index (χ0v) is 16.7. The van der Waals surface area contributed by atoms with E-state index in [4.69, 9.17) is 9.84 Å². The summed E-state index contributed by atoms with van der Waals surface area (Å²) in [6, 6.07) is 12.6. The Morgan fingerprint density at radius 1 is 1.20 bits per heavy atom. The number of carbonyl (C=O) groups excluding carboxylic acids is 2. The van der Waals surface area contributed by atoms with Gasteiger partial charge in [0.05, 0.1) is 11.5 Å². The van der Waals surface area contributed by atoms with E-state index >= 15 is 0 Å². The van der Waals surface area contributed by atoms with Crippen molar-refractivity contribution in [3.05, 3.63) is 64.7 Å². The Morgan fingerprint density at radius 3 is 2.63 bits per heavy atom. The molecule has 2 aromatic carbocycles. The van der Waals surface area contributed by atoms with Crippen LogP contribution >= 0.6 is 0 Å². The topological polar surface area (TPSA) is 87.7 Å². The molecular weight excluding hydrogens is 387 g/mol. The van der Waals surface area contributed by atoms with E-state index in [9.17, 15) is 14.0 Å². The monoisotopic (exact) mass is 412 g/mol. The van der Waals surface area contributed by atoms with Gasteiger partial charge in [-0.3, -0.25) is 9.59 Å². The van der Waals surface area contributed by atoms with Crippen LogP contribution in [0.4, 0.5) is 4.39 Å². The summed E-state index contributed by atoms with van der Waals surface area (Å²) < 4.78 is 19.7. The lowest BCUT2D eigenvalue weighted by molar-refractivity contribution is 0.0948. The molecule has 2 amide bonds. The minimum atomic E-state index is -0.763. The van der Waals surface area contributed by atoms with Crippen molar-refractivity contribution >= 4 is 11.8 Å². The summed E-state index contributed by atoms with van der Waals surface area (Å²) in [5.74, 6) is -0.485. The fourth-order valence-electron chi connectivity index (χ4n) is 4.20. The Hall–Kier alpha value is -2.93. The van der Waals surface area contributed by atoms with Gasteiger partial charge in [-0.1, -0.05) is 30.3 Å². The van der Waals surface area contributed by atoms with E-state index in [0.29, 0.717) is 23.3 Å². The van der Waals surface area contributed by atoms with Crippen molar-refractivity contribution in [2.45, 2.75) is 30.9 Å². The lowest BCUT2D eigenvalue weighted by Crippen LogP contribution is -2.28. The molecule has 0 aromatic heterocycles. The van der Waals surface area contributed by atoms with Crippen LogP contribution in [0.15, 0.2) is 42.5 Å². The second-order valence-corrected chi connectivity index (χ2v) is 7.81. The first-order valence-corrected chi connectivity index (χ1v) is 10.2. The number of hydrogen-bond donors (Lipinski definition) is 3. The van der Waals surface area contributed by atoms with Gasteiger partial charge in [0.1, 0.15) is 18.5 Å². The molecule has 4 rings (SSSR count). The quantitative estimate of drug-likeness (QED) is 0.652. The van der Waals surface area contributed by atoms with Crippen molar-refractivity contribution in [2.24, 2.45) is 5.92 Å². The van der Waals surface area contributed by atoms with Crippen LogP contribution in [-0.2, 0) is 0 Å². The molecule has 1 aliphatic carbocycles. The number of nitrogens with one attached hydrogen (secondary N) is 2. The molecule has 3 N–H and O–H groups in total. The van der Waals surface area contributed by atoms with Crippen LogP contribution in [-0.4, -0.2) is 49.4 Å². The summed E-state index contributed by atoms with van der Waals surface area (Å²) in [5, 5.41) is 14.6. The minimum Gasteiger partial charge on any atom is -0.486 e. The van der Waals surface area contributed by atoms with Crippen molar-refractivity contribution < 1.29 is 23.8 Å². The first-order valence-electron chi connectivity index (χ1n) is 10.2. The molecule has 6 nitrogen and oxygen atoms in total. The van der Waals surface area contributed by atoms with Gasteiger partial charge < -0.3 is 20.5 Å². The summed E-state index contributed by atoms with van der Waals surface area (Å²) >= 11 is 0. The molecule has 0 saturated heterocycles. The highest BCUT2D eigenvalue weighted by Gasteiger charge is 2.40. The van der Waals surface area contributed by atoms with Crippen molar-refractivity contribution in [3.63, 3.8) is 0 Å². The average molecular weight is 412 g/mol. The van der Waals surface area contributed by atoms with Gasteiger partial charge in [-0.2, -0.15) is 0 Å². The Balaban J connectivity index is 1.72. The van der Waals surface area contributed by atoms with Crippen molar-refractivity contribution in [2.75, 3.05) is 20.3 Å². The van der Waals surface area contributed by atoms with Crippen LogP contribution in [0.3, 0.4) is 0 Å². The molecule has 30 heavy (non-hydrogen) atoms. The number of benzene rings is 2. The molecule has 7 heteroatoms. The lowest BCUT2D eigenvalue weighted by atomic mass is 9.86. The summed E-state index contributed by atoms with van der Waals surface area (Å²) in [5.41, 5.74) is 2.06. The maximum atomic E-state index is 13.8. The summed E-state index contributed by atoms with van der Waals surface area (Å²) in [7, 11) is 1.50. The number of alkyl halides is 1. The van der Waals surface area contributed by atoms with Gasteiger partial charge >= 0.3 is 0 Å². The van der Waals surface area contributed by atoms with Crippen LogP contribution in [0.1, 0.15) is 50.6 Å². The van der Waals surface area contributed by atoms with E-state index in [2.05, 4.69) is 10.6 Å². The number of carbonyl (C=O) groups is 2. The second-order valence-electron chi connectivity index (χ2n) is 7.81. The van der Waals surface area contributed by atoms with E-state index in [0.717, 1.165) is 12.0 Å². The van der Waals surface area contributed by atoms with Crippen molar-refractivity contribution in [3.8, 4) is 5.75 Å². The number of hydrogen-bond acceptors (Lipinski definition) is 4. The van der Waals surface area contributed by atoms with Gasteiger partial charge in [0, 0.05) is 30.8 Å². The standard InChI is InChI=1S/C23H25FN2O4/c1-25-23(29)17-10-15(22(28)26-18-11-14(18)7-8-27)9-16-20(13-5-3-2-4-6-13)19(12-24)30-21(16)17/h2-6,9-10,14,18-20,27H,7-8,11-12H2,1H3,(H,25,29)(H,26,28)/t14-,18-,19-,20+/m0/s1. The van der Waals surface area contributed by atoms with E-state index in [-0.39, 0.29) is 30.0 Å². The Labute approximate surface area is 174 Å². The third kappa shape index (κ3) is 3.77. The SMILES string of the molecule is CNC(=O)c1cc(C(=O)N[C@H]2C[C@@H]2CCO)cc2c1O[C@@H](CF)[C@@H]2c1ccccc1. The van der Waals surface area contributed by atoms with Gasteiger partial charge in [0.15, 0.2) is 0 Å². The van der Waals surface area contributed by atoms with Gasteiger partial charge in [0.25, 0.3) is 11.8 Å². The number of amides is 2. The maximum Gasteiger partial charge on any atom is 0.254 e. The van der Waals surface area contributed by atoms with E-state index in [1.54, 1.807) is 6.07 Å². The minimum absolute atomic E-state index is 0.0288. The van der Waals surface area contributed by atoms with Gasteiger partial charge in [-0.05, 0) is 36.5 Å². The smallest absolute Gasteiger partial charge is 0.254 e. The first-order chi connectivity index (χ1) is 14.6.